The molecule has 2 aromatic carbocycles. The fourth-order valence-corrected chi connectivity index (χ4v) is 3.71. The van der Waals surface area contributed by atoms with E-state index in [0.29, 0.717) is 4.83 Å². The van der Waals surface area contributed by atoms with E-state index in [9.17, 15) is 0 Å². The molecule has 2 aromatic rings. The van der Waals surface area contributed by atoms with Crippen molar-refractivity contribution in [1.29, 1.82) is 0 Å². The van der Waals surface area contributed by atoms with Crippen molar-refractivity contribution in [3.8, 4) is 0 Å². The number of hydrogen-bond acceptors (Lipinski definition) is 1. The molecular formula is C17H17BrS. The van der Waals surface area contributed by atoms with Gasteiger partial charge in [0.05, 0.1) is 4.83 Å². The molecule has 0 saturated carbocycles. The van der Waals surface area contributed by atoms with E-state index in [1.165, 1.54) is 35.3 Å². The van der Waals surface area contributed by atoms with Gasteiger partial charge in [0.25, 0.3) is 0 Å². The first kappa shape index (κ1) is 13.3. The molecule has 1 aliphatic carbocycles. The second-order valence-corrected chi connectivity index (χ2v) is 6.81. The lowest BCUT2D eigenvalue weighted by Crippen LogP contribution is -1.94. The minimum Gasteiger partial charge on any atom is -0.130 e. The van der Waals surface area contributed by atoms with Crippen LogP contribution in [0.15, 0.2) is 47.4 Å². The third-order valence-electron chi connectivity index (χ3n) is 3.82. The molecule has 0 heterocycles. The van der Waals surface area contributed by atoms with Crippen molar-refractivity contribution >= 4 is 27.7 Å². The number of aryl methyl sites for hydroxylation is 2. The van der Waals surface area contributed by atoms with Crippen LogP contribution in [-0.2, 0) is 12.8 Å². The summed E-state index contributed by atoms with van der Waals surface area (Å²) in [6.45, 7) is 0. The maximum Gasteiger partial charge on any atom is 0.0644 e. The van der Waals surface area contributed by atoms with Crippen molar-refractivity contribution in [2.24, 2.45) is 0 Å². The Labute approximate surface area is 127 Å². The third-order valence-corrected chi connectivity index (χ3v) is 5.62. The minimum absolute atomic E-state index is 0.300. The van der Waals surface area contributed by atoms with Crippen molar-refractivity contribution < 1.29 is 0 Å². The Balaban J connectivity index is 1.88. The molecule has 0 bridgehead atoms. The Hall–Kier alpha value is -0.730. The minimum atomic E-state index is 0.300. The molecular weight excluding hydrogens is 316 g/mol. The van der Waals surface area contributed by atoms with Gasteiger partial charge in [-0.15, -0.1) is 11.8 Å². The lowest BCUT2D eigenvalue weighted by molar-refractivity contribution is 0.911. The number of benzene rings is 2. The summed E-state index contributed by atoms with van der Waals surface area (Å²) in [4.78, 5) is 1.62. The average Bonchev–Trinajstić information content (AvgIpc) is 2.94. The molecule has 0 spiro atoms. The highest BCUT2D eigenvalue weighted by Crippen LogP contribution is 2.34. The molecule has 3 rings (SSSR count). The van der Waals surface area contributed by atoms with Crippen LogP contribution in [0.4, 0.5) is 0 Å². The summed E-state index contributed by atoms with van der Waals surface area (Å²) in [5, 5.41) is 0. The van der Waals surface area contributed by atoms with E-state index in [0.717, 1.165) is 0 Å². The first-order valence-electron chi connectivity index (χ1n) is 6.67. The normalized spacial score (nSPS) is 15.3. The number of thioether (sulfide) groups is 1. The van der Waals surface area contributed by atoms with Gasteiger partial charge in [0.2, 0.25) is 0 Å². The molecule has 0 saturated heterocycles. The van der Waals surface area contributed by atoms with Crippen molar-refractivity contribution in [3.05, 3.63) is 64.7 Å². The van der Waals surface area contributed by atoms with E-state index < -0.39 is 0 Å². The molecule has 19 heavy (non-hydrogen) atoms. The summed E-state index contributed by atoms with van der Waals surface area (Å²) in [7, 11) is 0. The second-order valence-electron chi connectivity index (χ2n) is 5.02. The van der Waals surface area contributed by atoms with Crippen molar-refractivity contribution in [2.75, 3.05) is 6.26 Å². The molecule has 0 amide bonds. The van der Waals surface area contributed by atoms with Crippen LogP contribution in [0.5, 0.6) is 0 Å². The second kappa shape index (κ2) is 5.72. The van der Waals surface area contributed by atoms with Crippen LogP contribution >= 0.6 is 27.7 Å². The lowest BCUT2D eigenvalue weighted by Gasteiger charge is -2.13. The maximum atomic E-state index is 3.84. The number of alkyl halides is 1. The number of hydrogen-bond donors (Lipinski definition) is 0. The van der Waals surface area contributed by atoms with Crippen LogP contribution < -0.4 is 0 Å². The summed E-state index contributed by atoms with van der Waals surface area (Å²) in [5.74, 6) is 0. The Morgan fingerprint density at radius 1 is 0.947 bits per heavy atom. The molecule has 1 aliphatic rings. The van der Waals surface area contributed by atoms with E-state index in [1.807, 2.05) is 0 Å². The summed E-state index contributed by atoms with van der Waals surface area (Å²) in [6, 6.07) is 15.8. The summed E-state index contributed by atoms with van der Waals surface area (Å²) >= 11 is 5.63. The number of halogens is 1. The van der Waals surface area contributed by atoms with Gasteiger partial charge in [-0.2, -0.15) is 0 Å². The Morgan fingerprint density at radius 2 is 1.63 bits per heavy atom. The van der Waals surface area contributed by atoms with Gasteiger partial charge in [-0.3, -0.25) is 0 Å². The van der Waals surface area contributed by atoms with Crippen LogP contribution in [0.1, 0.15) is 33.5 Å². The monoisotopic (exact) mass is 332 g/mol. The Kier molecular flexibility index (Phi) is 3.99. The molecule has 98 valence electrons. The average molecular weight is 333 g/mol. The van der Waals surface area contributed by atoms with E-state index in [4.69, 9.17) is 0 Å². The molecule has 0 radical (unpaired) electrons. The molecule has 0 aliphatic heterocycles. The van der Waals surface area contributed by atoms with Crippen LogP contribution in [0.3, 0.4) is 0 Å². The van der Waals surface area contributed by atoms with Crippen molar-refractivity contribution in [3.63, 3.8) is 0 Å². The fraction of sp³-hybridized carbons (Fsp3) is 0.294. The zero-order valence-electron chi connectivity index (χ0n) is 11.0. The van der Waals surface area contributed by atoms with Crippen LogP contribution in [0.25, 0.3) is 0 Å². The number of fused-ring (bicyclic) bond motifs is 1. The van der Waals surface area contributed by atoms with Gasteiger partial charge in [-0.1, -0.05) is 46.3 Å². The predicted octanol–water partition coefficient (Wildman–Crippen LogP) is 5.38. The highest BCUT2D eigenvalue weighted by molar-refractivity contribution is 9.09. The van der Waals surface area contributed by atoms with Gasteiger partial charge in [0.1, 0.15) is 0 Å². The molecule has 0 aromatic heterocycles. The van der Waals surface area contributed by atoms with Crippen LogP contribution in [0, 0.1) is 0 Å². The zero-order chi connectivity index (χ0) is 13.2. The smallest absolute Gasteiger partial charge is 0.0644 e. The summed E-state index contributed by atoms with van der Waals surface area (Å²) < 4.78 is 0. The van der Waals surface area contributed by atoms with Crippen molar-refractivity contribution in [1.82, 2.24) is 0 Å². The van der Waals surface area contributed by atoms with E-state index in [-0.39, 0.29) is 0 Å². The predicted molar refractivity (Wildman–Crippen MR) is 87.5 cm³/mol. The summed E-state index contributed by atoms with van der Waals surface area (Å²) in [6.07, 6.45) is 5.93. The summed E-state index contributed by atoms with van der Waals surface area (Å²) in [5.41, 5.74) is 5.79. The lowest BCUT2D eigenvalue weighted by atomic mass is 10.0. The highest BCUT2D eigenvalue weighted by Gasteiger charge is 2.15. The zero-order valence-corrected chi connectivity index (χ0v) is 13.4. The molecule has 0 nitrogen and oxygen atoms in total. The van der Waals surface area contributed by atoms with Gasteiger partial charge < -0.3 is 0 Å². The Morgan fingerprint density at radius 3 is 2.37 bits per heavy atom. The SMILES string of the molecule is CSc1ccc(C(Br)c2ccc3c(c2)CCC3)cc1. The van der Waals surface area contributed by atoms with Crippen LogP contribution in [-0.4, -0.2) is 6.26 Å². The van der Waals surface area contributed by atoms with Gasteiger partial charge >= 0.3 is 0 Å². The largest absolute Gasteiger partial charge is 0.130 e. The Bertz CT molecular complexity index is 574. The van der Waals surface area contributed by atoms with Gasteiger partial charge in [0, 0.05) is 4.90 Å². The highest BCUT2D eigenvalue weighted by atomic mass is 79.9. The van der Waals surface area contributed by atoms with E-state index in [1.54, 1.807) is 22.9 Å². The first-order chi connectivity index (χ1) is 9.28. The standard InChI is InChI=1S/C17H17BrS/c1-19-16-9-7-13(8-10-16)17(18)15-6-5-12-3-2-4-14(12)11-15/h5-11,17H,2-4H2,1H3. The van der Waals surface area contributed by atoms with Gasteiger partial charge in [-0.25, -0.2) is 0 Å². The molecule has 0 fully saturated rings. The molecule has 0 N–H and O–H groups in total. The topological polar surface area (TPSA) is 0 Å². The maximum absolute atomic E-state index is 3.84. The quantitative estimate of drug-likeness (QED) is 0.537. The van der Waals surface area contributed by atoms with E-state index in [2.05, 4.69) is 64.7 Å². The first-order valence-corrected chi connectivity index (χ1v) is 8.81. The van der Waals surface area contributed by atoms with Crippen LogP contribution in [0.2, 0.25) is 0 Å². The van der Waals surface area contributed by atoms with E-state index >= 15 is 0 Å². The molecule has 1 atom stereocenters. The van der Waals surface area contributed by atoms with Gasteiger partial charge in [-0.05, 0) is 59.9 Å². The fourth-order valence-electron chi connectivity index (χ4n) is 2.71. The molecule has 1 unspecified atom stereocenters. The van der Waals surface area contributed by atoms with Gasteiger partial charge in [0.15, 0.2) is 0 Å². The molecule has 2 heteroatoms. The van der Waals surface area contributed by atoms with Crippen molar-refractivity contribution in [2.45, 2.75) is 29.0 Å². The number of rotatable bonds is 3. The third kappa shape index (κ3) is 2.75.